The first-order valence-corrected chi connectivity index (χ1v) is 6.73. The average molecular weight is 245 g/mol. The Morgan fingerprint density at radius 1 is 1.17 bits per heavy atom. The molecule has 2 fully saturated rings. The highest BCUT2D eigenvalue weighted by atomic mass is 16.5. The van der Waals surface area contributed by atoms with Crippen molar-refractivity contribution in [2.75, 3.05) is 13.2 Å². The summed E-state index contributed by atoms with van der Waals surface area (Å²) in [5.41, 5.74) is 8.01. The van der Waals surface area contributed by atoms with Gasteiger partial charge < -0.3 is 10.5 Å². The van der Waals surface area contributed by atoms with Gasteiger partial charge in [0.25, 0.3) is 0 Å². The standard InChI is InChI=1S/C15H19NO2/c16-14-9-18-8-13(14)15(17)12-6-4-11(5-7-12)10-2-1-3-10/h4-7,10,13-14H,1-3,8-9,16H2. The molecule has 96 valence electrons. The molecule has 1 saturated carbocycles. The monoisotopic (exact) mass is 245 g/mol. The highest BCUT2D eigenvalue weighted by Crippen LogP contribution is 2.36. The Balaban J connectivity index is 1.73. The van der Waals surface area contributed by atoms with Gasteiger partial charge in [0, 0.05) is 11.6 Å². The molecule has 1 saturated heterocycles. The number of hydrogen-bond donors (Lipinski definition) is 1. The first kappa shape index (κ1) is 11.9. The molecule has 1 aromatic carbocycles. The van der Waals surface area contributed by atoms with E-state index in [1.165, 1.54) is 24.8 Å². The second-order valence-corrected chi connectivity index (χ2v) is 5.42. The Labute approximate surface area is 107 Å². The van der Waals surface area contributed by atoms with Gasteiger partial charge in [-0.05, 0) is 24.3 Å². The molecule has 0 radical (unpaired) electrons. The molecule has 2 unspecified atom stereocenters. The van der Waals surface area contributed by atoms with Gasteiger partial charge in [-0.25, -0.2) is 0 Å². The van der Waals surface area contributed by atoms with Crippen LogP contribution >= 0.6 is 0 Å². The summed E-state index contributed by atoms with van der Waals surface area (Å²) in [6.45, 7) is 0.959. The Bertz CT molecular complexity index is 436. The van der Waals surface area contributed by atoms with Gasteiger partial charge >= 0.3 is 0 Å². The fourth-order valence-corrected chi connectivity index (χ4v) is 2.72. The topological polar surface area (TPSA) is 52.3 Å². The largest absolute Gasteiger partial charge is 0.379 e. The molecule has 0 spiro atoms. The molecule has 2 aliphatic rings. The smallest absolute Gasteiger partial charge is 0.169 e. The quantitative estimate of drug-likeness (QED) is 0.830. The number of carbonyl (C=O) groups is 1. The summed E-state index contributed by atoms with van der Waals surface area (Å²) in [6.07, 6.45) is 3.91. The minimum Gasteiger partial charge on any atom is -0.379 e. The SMILES string of the molecule is NC1COCC1C(=O)c1ccc(C2CCC2)cc1. The van der Waals surface area contributed by atoms with E-state index in [-0.39, 0.29) is 17.7 Å². The van der Waals surface area contributed by atoms with Crippen molar-refractivity contribution >= 4 is 5.78 Å². The average Bonchev–Trinajstić information content (AvgIpc) is 2.73. The third kappa shape index (κ3) is 2.08. The molecule has 0 bridgehead atoms. The first-order valence-electron chi connectivity index (χ1n) is 6.73. The number of hydrogen-bond acceptors (Lipinski definition) is 3. The van der Waals surface area contributed by atoms with Crippen LogP contribution in [-0.4, -0.2) is 25.0 Å². The Kier molecular flexibility index (Phi) is 3.18. The van der Waals surface area contributed by atoms with Crippen LogP contribution in [0.15, 0.2) is 24.3 Å². The molecule has 18 heavy (non-hydrogen) atoms. The van der Waals surface area contributed by atoms with Crippen molar-refractivity contribution in [3.05, 3.63) is 35.4 Å². The second-order valence-electron chi connectivity index (χ2n) is 5.42. The molecule has 3 nitrogen and oxygen atoms in total. The summed E-state index contributed by atoms with van der Waals surface area (Å²) in [5, 5.41) is 0. The molecule has 2 atom stereocenters. The van der Waals surface area contributed by atoms with E-state index in [0.29, 0.717) is 19.1 Å². The third-order valence-electron chi connectivity index (χ3n) is 4.23. The van der Waals surface area contributed by atoms with Gasteiger partial charge in [-0.15, -0.1) is 0 Å². The summed E-state index contributed by atoms with van der Waals surface area (Å²) < 4.78 is 5.25. The van der Waals surface area contributed by atoms with Crippen molar-refractivity contribution in [2.24, 2.45) is 11.7 Å². The lowest BCUT2D eigenvalue weighted by Crippen LogP contribution is -2.34. The Morgan fingerprint density at radius 3 is 2.39 bits per heavy atom. The molecular formula is C15H19NO2. The lowest BCUT2D eigenvalue weighted by atomic mass is 9.79. The van der Waals surface area contributed by atoms with Crippen LogP contribution in [0.4, 0.5) is 0 Å². The summed E-state index contributed by atoms with van der Waals surface area (Å²) in [7, 11) is 0. The van der Waals surface area contributed by atoms with Gasteiger partial charge in [-0.1, -0.05) is 30.7 Å². The zero-order chi connectivity index (χ0) is 12.5. The van der Waals surface area contributed by atoms with Crippen molar-refractivity contribution < 1.29 is 9.53 Å². The van der Waals surface area contributed by atoms with Crippen molar-refractivity contribution in [1.82, 2.24) is 0 Å². The van der Waals surface area contributed by atoms with E-state index in [0.717, 1.165) is 5.56 Å². The zero-order valence-electron chi connectivity index (χ0n) is 10.5. The molecule has 2 N–H and O–H groups in total. The number of benzene rings is 1. The molecular weight excluding hydrogens is 226 g/mol. The number of rotatable bonds is 3. The highest BCUT2D eigenvalue weighted by molar-refractivity contribution is 5.98. The van der Waals surface area contributed by atoms with Gasteiger partial charge in [-0.2, -0.15) is 0 Å². The van der Waals surface area contributed by atoms with E-state index in [4.69, 9.17) is 10.5 Å². The summed E-state index contributed by atoms with van der Waals surface area (Å²) in [4.78, 5) is 12.3. The van der Waals surface area contributed by atoms with Gasteiger partial charge in [0.05, 0.1) is 19.1 Å². The highest BCUT2D eigenvalue weighted by Gasteiger charge is 2.32. The Morgan fingerprint density at radius 2 is 1.89 bits per heavy atom. The van der Waals surface area contributed by atoms with Crippen molar-refractivity contribution in [3.63, 3.8) is 0 Å². The molecule has 1 aromatic rings. The van der Waals surface area contributed by atoms with E-state index >= 15 is 0 Å². The van der Waals surface area contributed by atoms with E-state index < -0.39 is 0 Å². The number of ketones is 1. The van der Waals surface area contributed by atoms with Crippen LogP contribution < -0.4 is 5.73 Å². The number of nitrogens with two attached hydrogens (primary N) is 1. The van der Waals surface area contributed by atoms with Crippen molar-refractivity contribution in [3.8, 4) is 0 Å². The molecule has 0 aromatic heterocycles. The zero-order valence-corrected chi connectivity index (χ0v) is 10.5. The second kappa shape index (κ2) is 4.82. The van der Waals surface area contributed by atoms with Crippen LogP contribution in [0.3, 0.4) is 0 Å². The van der Waals surface area contributed by atoms with Crippen molar-refractivity contribution in [1.29, 1.82) is 0 Å². The predicted molar refractivity (Wildman–Crippen MR) is 69.6 cm³/mol. The number of carbonyl (C=O) groups excluding carboxylic acids is 1. The molecule has 0 amide bonds. The van der Waals surface area contributed by atoms with Crippen LogP contribution in [0.25, 0.3) is 0 Å². The summed E-state index contributed by atoms with van der Waals surface area (Å²) >= 11 is 0. The summed E-state index contributed by atoms with van der Waals surface area (Å²) in [6, 6.07) is 7.93. The lowest BCUT2D eigenvalue weighted by Gasteiger charge is -2.25. The third-order valence-corrected chi connectivity index (χ3v) is 4.23. The van der Waals surface area contributed by atoms with E-state index in [1.807, 2.05) is 12.1 Å². The lowest BCUT2D eigenvalue weighted by molar-refractivity contribution is 0.0896. The maximum atomic E-state index is 12.3. The minimum absolute atomic E-state index is 0.125. The van der Waals surface area contributed by atoms with Gasteiger partial charge in [0.1, 0.15) is 0 Å². The maximum absolute atomic E-state index is 12.3. The number of ether oxygens (including phenoxy) is 1. The number of Topliss-reactive ketones (excluding diaryl/α,β-unsaturated/α-hetero) is 1. The van der Waals surface area contributed by atoms with Crippen LogP contribution in [-0.2, 0) is 4.74 Å². The molecule has 1 aliphatic carbocycles. The molecule has 3 rings (SSSR count). The van der Waals surface area contributed by atoms with Gasteiger partial charge in [-0.3, -0.25) is 4.79 Å². The Hall–Kier alpha value is -1.19. The van der Waals surface area contributed by atoms with E-state index in [2.05, 4.69) is 12.1 Å². The van der Waals surface area contributed by atoms with Gasteiger partial charge in [0.2, 0.25) is 0 Å². The maximum Gasteiger partial charge on any atom is 0.169 e. The van der Waals surface area contributed by atoms with E-state index in [1.54, 1.807) is 0 Å². The fourth-order valence-electron chi connectivity index (χ4n) is 2.72. The minimum atomic E-state index is -0.167. The molecule has 3 heteroatoms. The van der Waals surface area contributed by atoms with Crippen LogP contribution in [0, 0.1) is 5.92 Å². The summed E-state index contributed by atoms with van der Waals surface area (Å²) in [5.74, 6) is 0.672. The first-order chi connectivity index (χ1) is 8.75. The van der Waals surface area contributed by atoms with Crippen LogP contribution in [0.1, 0.15) is 41.1 Å². The molecule has 1 aliphatic heterocycles. The van der Waals surface area contributed by atoms with Gasteiger partial charge in [0.15, 0.2) is 5.78 Å². The van der Waals surface area contributed by atoms with Crippen molar-refractivity contribution in [2.45, 2.75) is 31.2 Å². The normalized spacial score (nSPS) is 28.1. The molecule has 1 heterocycles. The van der Waals surface area contributed by atoms with E-state index in [9.17, 15) is 4.79 Å². The predicted octanol–water partition coefficient (Wildman–Crippen LogP) is 2.11. The van der Waals surface area contributed by atoms with Crippen LogP contribution in [0.5, 0.6) is 0 Å². The van der Waals surface area contributed by atoms with Crippen LogP contribution in [0.2, 0.25) is 0 Å². The fraction of sp³-hybridized carbons (Fsp3) is 0.533.